The van der Waals surface area contributed by atoms with Crippen LogP contribution in [0.5, 0.6) is 0 Å². The van der Waals surface area contributed by atoms with Crippen LogP contribution >= 0.6 is 0 Å². The van der Waals surface area contributed by atoms with Gasteiger partial charge >= 0.3 is 12.1 Å². The predicted octanol–water partition coefficient (Wildman–Crippen LogP) is 2.60. The van der Waals surface area contributed by atoms with Crippen LogP contribution < -0.4 is 0 Å². The lowest BCUT2D eigenvalue weighted by atomic mass is 9.93. The number of benzene rings is 1. The van der Waals surface area contributed by atoms with E-state index in [2.05, 4.69) is 6.92 Å². The van der Waals surface area contributed by atoms with Crippen LogP contribution in [0.25, 0.3) is 0 Å². The Morgan fingerprint density at radius 2 is 2.00 bits per heavy atom. The van der Waals surface area contributed by atoms with Gasteiger partial charge in [-0.3, -0.25) is 4.90 Å². The summed E-state index contributed by atoms with van der Waals surface area (Å²) in [6, 6.07) is 8.94. The van der Waals surface area contributed by atoms with Crippen molar-refractivity contribution >= 4 is 12.1 Å². The Balaban J connectivity index is 1.97. The Kier molecular flexibility index (Phi) is 5.20. The highest BCUT2D eigenvalue weighted by atomic mass is 16.6. The van der Waals surface area contributed by atoms with E-state index in [1.165, 1.54) is 12.0 Å². The van der Waals surface area contributed by atoms with Crippen molar-refractivity contribution in [3.8, 4) is 0 Å². The van der Waals surface area contributed by atoms with Gasteiger partial charge in [-0.1, -0.05) is 37.3 Å². The van der Waals surface area contributed by atoms with Crippen LogP contribution in [0, 0.1) is 5.92 Å². The molecule has 0 aromatic heterocycles. The third-order valence-corrected chi connectivity index (χ3v) is 3.78. The maximum Gasteiger partial charge on any atom is 0.410 e. The molecule has 2 rings (SSSR count). The Morgan fingerprint density at radius 1 is 1.29 bits per heavy atom. The smallest absolute Gasteiger partial charge is 0.410 e. The summed E-state index contributed by atoms with van der Waals surface area (Å²) in [4.78, 5) is 25.5. The molecule has 0 N–H and O–H groups in total. The first kappa shape index (κ1) is 15.4. The van der Waals surface area contributed by atoms with E-state index in [0.29, 0.717) is 18.9 Å². The van der Waals surface area contributed by atoms with Gasteiger partial charge in [0.25, 0.3) is 0 Å². The van der Waals surface area contributed by atoms with Crippen molar-refractivity contribution < 1.29 is 19.1 Å². The van der Waals surface area contributed by atoms with Gasteiger partial charge in [0, 0.05) is 6.54 Å². The van der Waals surface area contributed by atoms with Gasteiger partial charge in [-0.25, -0.2) is 9.59 Å². The van der Waals surface area contributed by atoms with Gasteiger partial charge < -0.3 is 9.47 Å². The number of rotatable bonds is 3. The molecule has 5 heteroatoms. The second-order valence-electron chi connectivity index (χ2n) is 5.40. The first-order valence-electron chi connectivity index (χ1n) is 7.17. The third kappa shape index (κ3) is 3.97. The first-order chi connectivity index (χ1) is 10.1. The largest absolute Gasteiger partial charge is 0.467 e. The van der Waals surface area contributed by atoms with E-state index in [4.69, 9.17) is 9.47 Å². The van der Waals surface area contributed by atoms with Crippen LogP contribution in [-0.2, 0) is 20.9 Å². The van der Waals surface area contributed by atoms with E-state index in [1.54, 1.807) is 0 Å². The highest BCUT2D eigenvalue weighted by Gasteiger charge is 2.36. The molecule has 1 aromatic carbocycles. The molecule has 1 aliphatic heterocycles. The molecule has 0 saturated carbocycles. The molecule has 0 aliphatic carbocycles. The number of carbonyl (C=O) groups excluding carboxylic acids is 2. The predicted molar refractivity (Wildman–Crippen MR) is 77.5 cm³/mol. The molecule has 1 saturated heterocycles. The van der Waals surface area contributed by atoms with Gasteiger partial charge in [-0.2, -0.15) is 0 Å². The van der Waals surface area contributed by atoms with Gasteiger partial charge in [-0.05, 0) is 24.3 Å². The molecule has 1 amide bonds. The van der Waals surface area contributed by atoms with Crippen molar-refractivity contribution in [1.29, 1.82) is 0 Å². The number of nitrogens with zero attached hydrogens (tertiary/aromatic N) is 1. The van der Waals surface area contributed by atoms with E-state index < -0.39 is 12.1 Å². The van der Waals surface area contributed by atoms with Crippen LogP contribution in [0.1, 0.15) is 25.3 Å². The normalized spacial score (nSPS) is 21.7. The maximum atomic E-state index is 12.2. The van der Waals surface area contributed by atoms with Crippen molar-refractivity contribution in [2.24, 2.45) is 5.92 Å². The van der Waals surface area contributed by atoms with Crippen LogP contribution in [0.4, 0.5) is 4.79 Å². The fraction of sp³-hybridized carbons (Fsp3) is 0.500. The SMILES string of the molecule is COC(=O)C1CC(C)CCN1C(=O)OCc1ccccc1. The minimum Gasteiger partial charge on any atom is -0.467 e. The highest BCUT2D eigenvalue weighted by molar-refractivity contribution is 5.81. The highest BCUT2D eigenvalue weighted by Crippen LogP contribution is 2.24. The number of piperidine rings is 1. The van der Waals surface area contributed by atoms with E-state index in [9.17, 15) is 9.59 Å². The van der Waals surface area contributed by atoms with E-state index in [1.807, 2.05) is 30.3 Å². The van der Waals surface area contributed by atoms with Crippen LogP contribution in [-0.4, -0.2) is 36.7 Å². The summed E-state index contributed by atoms with van der Waals surface area (Å²) in [5, 5.41) is 0. The zero-order chi connectivity index (χ0) is 15.2. The van der Waals surface area contributed by atoms with E-state index >= 15 is 0 Å². The summed E-state index contributed by atoms with van der Waals surface area (Å²) in [6.45, 7) is 2.80. The maximum absolute atomic E-state index is 12.2. The minimum atomic E-state index is -0.540. The van der Waals surface area contributed by atoms with E-state index in [-0.39, 0.29) is 12.6 Å². The van der Waals surface area contributed by atoms with Crippen molar-refractivity contribution in [2.75, 3.05) is 13.7 Å². The van der Waals surface area contributed by atoms with Crippen molar-refractivity contribution in [2.45, 2.75) is 32.4 Å². The lowest BCUT2D eigenvalue weighted by Crippen LogP contribution is -2.50. The molecule has 114 valence electrons. The average molecular weight is 291 g/mol. The Morgan fingerprint density at radius 3 is 2.67 bits per heavy atom. The quantitative estimate of drug-likeness (QED) is 0.803. The number of likely N-dealkylation sites (tertiary alicyclic amines) is 1. The molecule has 2 unspecified atom stereocenters. The van der Waals surface area contributed by atoms with Gasteiger partial charge in [0.2, 0.25) is 0 Å². The summed E-state index contributed by atoms with van der Waals surface area (Å²) in [6.07, 6.45) is 1.03. The van der Waals surface area contributed by atoms with Gasteiger partial charge in [0.05, 0.1) is 7.11 Å². The zero-order valence-corrected chi connectivity index (χ0v) is 12.5. The van der Waals surface area contributed by atoms with Crippen LogP contribution in [0.2, 0.25) is 0 Å². The van der Waals surface area contributed by atoms with Gasteiger partial charge in [-0.15, -0.1) is 0 Å². The molecular formula is C16H21NO4. The molecule has 1 heterocycles. The summed E-state index contributed by atoms with van der Waals surface area (Å²) in [7, 11) is 1.34. The summed E-state index contributed by atoms with van der Waals surface area (Å²) >= 11 is 0. The number of ether oxygens (including phenoxy) is 2. The van der Waals surface area contributed by atoms with Crippen molar-refractivity contribution in [3.05, 3.63) is 35.9 Å². The molecule has 5 nitrogen and oxygen atoms in total. The molecule has 0 bridgehead atoms. The molecule has 1 aliphatic rings. The number of amides is 1. The molecule has 21 heavy (non-hydrogen) atoms. The number of methoxy groups -OCH3 is 1. The molecule has 0 radical (unpaired) electrons. The second kappa shape index (κ2) is 7.11. The molecular weight excluding hydrogens is 270 g/mol. The fourth-order valence-electron chi connectivity index (χ4n) is 2.52. The number of hydrogen-bond acceptors (Lipinski definition) is 4. The third-order valence-electron chi connectivity index (χ3n) is 3.78. The average Bonchev–Trinajstić information content (AvgIpc) is 2.52. The van der Waals surface area contributed by atoms with Gasteiger partial charge in [0.1, 0.15) is 12.6 Å². The number of esters is 1. The minimum absolute atomic E-state index is 0.208. The zero-order valence-electron chi connectivity index (χ0n) is 12.5. The standard InChI is InChI=1S/C16H21NO4/c1-12-8-9-17(14(10-12)15(18)20-2)16(19)21-11-13-6-4-3-5-7-13/h3-7,12,14H,8-11H2,1-2H3. The summed E-state index contributed by atoms with van der Waals surface area (Å²) < 4.78 is 10.1. The summed E-state index contributed by atoms with van der Waals surface area (Å²) in [5.41, 5.74) is 0.922. The monoisotopic (exact) mass is 291 g/mol. The lowest BCUT2D eigenvalue weighted by molar-refractivity contribution is -0.148. The molecule has 1 aromatic rings. The number of hydrogen-bond donors (Lipinski definition) is 0. The topological polar surface area (TPSA) is 55.8 Å². The fourth-order valence-corrected chi connectivity index (χ4v) is 2.52. The van der Waals surface area contributed by atoms with Crippen molar-refractivity contribution in [1.82, 2.24) is 4.90 Å². The Labute approximate surface area is 124 Å². The van der Waals surface area contributed by atoms with Crippen molar-refractivity contribution in [3.63, 3.8) is 0 Å². The number of carbonyl (C=O) groups is 2. The molecule has 2 atom stereocenters. The van der Waals surface area contributed by atoms with Gasteiger partial charge in [0.15, 0.2) is 0 Å². The van der Waals surface area contributed by atoms with E-state index in [0.717, 1.165) is 12.0 Å². The van der Waals surface area contributed by atoms with Crippen LogP contribution in [0.3, 0.4) is 0 Å². The lowest BCUT2D eigenvalue weighted by Gasteiger charge is -2.35. The molecule has 1 fully saturated rings. The molecule has 0 spiro atoms. The Bertz CT molecular complexity index is 488. The van der Waals surface area contributed by atoms with Crippen LogP contribution in [0.15, 0.2) is 30.3 Å². The second-order valence-corrected chi connectivity index (χ2v) is 5.40. The Hall–Kier alpha value is -2.04. The first-order valence-corrected chi connectivity index (χ1v) is 7.17. The summed E-state index contributed by atoms with van der Waals surface area (Å²) in [5.74, 6) is 0.0190.